The van der Waals surface area contributed by atoms with Gasteiger partial charge in [0.25, 0.3) is 10.0 Å². The first-order valence-corrected chi connectivity index (χ1v) is 13.9. The number of rotatable bonds is 6. The van der Waals surface area contributed by atoms with Gasteiger partial charge in [-0.25, -0.2) is 18.4 Å². The molecule has 1 amide bonds. The van der Waals surface area contributed by atoms with Crippen LogP contribution in [0.5, 0.6) is 0 Å². The number of sulfonamides is 1. The summed E-state index contributed by atoms with van der Waals surface area (Å²) < 4.78 is 28.5. The van der Waals surface area contributed by atoms with Crippen LogP contribution in [0.4, 0.5) is 11.4 Å². The number of halogens is 2. The molecule has 0 fully saturated rings. The van der Waals surface area contributed by atoms with Crippen molar-refractivity contribution in [3.63, 3.8) is 0 Å². The van der Waals surface area contributed by atoms with Crippen molar-refractivity contribution >= 4 is 62.3 Å². The minimum atomic E-state index is -3.92. The first kappa shape index (κ1) is 24.6. The lowest BCUT2D eigenvalue weighted by Gasteiger charge is -2.31. The molecule has 0 bridgehead atoms. The van der Waals surface area contributed by atoms with Gasteiger partial charge in [-0.3, -0.25) is 9.10 Å². The van der Waals surface area contributed by atoms with Gasteiger partial charge in [0.1, 0.15) is 4.90 Å². The summed E-state index contributed by atoms with van der Waals surface area (Å²) in [5, 5.41) is 4.23. The van der Waals surface area contributed by atoms with Gasteiger partial charge in [-0.1, -0.05) is 65.3 Å². The lowest BCUT2D eigenvalue weighted by Crippen LogP contribution is -2.34. The van der Waals surface area contributed by atoms with Gasteiger partial charge in [0.15, 0.2) is 5.16 Å². The van der Waals surface area contributed by atoms with Crippen molar-refractivity contribution < 1.29 is 13.2 Å². The van der Waals surface area contributed by atoms with E-state index in [1.54, 1.807) is 60.7 Å². The molecular weight excluding hydrogens is 539 g/mol. The molecule has 182 valence electrons. The first-order chi connectivity index (χ1) is 17.3. The fourth-order valence-corrected chi connectivity index (χ4v) is 6.16. The summed E-state index contributed by atoms with van der Waals surface area (Å²) in [4.78, 5) is 21.1. The number of amides is 1. The average molecular weight is 557 g/mol. The number of hydrogen-bond donors (Lipinski definition) is 1. The fraction of sp³-hybridized carbons (Fsp3) is 0.0800. The number of nitrogens with zero attached hydrogens (tertiary/aromatic N) is 3. The number of carbonyl (C=O) groups excluding carboxylic acids is 1. The molecule has 4 aromatic rings. The maximum absolute atomic E-state index is 13.6. The third kappa shape index (κ3) is 5.05. The van der Waals surface area contributed by atoms with E-state index in [-0.39, 0.29) is 23.1 Å². The summed E-state index contributed by atoms with van der Waals surface area (Å²) in [7, 11) is -3.92. The van der Waals surface area contributed by atoms with Crippen LogP contribution in [0.3, 0.4) is 0 Å². The number of nitrogens with one attached hydrogen (secondary N) is 1. The van der Waals surface area contributed by atoms with E-state index in [0.29, 0.717) is 37.8 Å². The third-order valence-corrected chi connectivity index (χ3v) is 8.55. The van der Waals surface area contributed by atoms with Crippen molar-refractivity contribution in [2.75, 3.05) is 15.4 Å². The van der Waals surface area contributed by atoms with Gasteiger partial charge in [0.2, 0.25) is 5.91 Å². The van der Waals surface area contributed by atoms with Crippen LogP contribution in [-0.4, -0.2) is 30.0 Å². The molecule has 0 unspecified atom stereocenters. The van der Waals surface area contributed by atoms with E-state index >= 15 is 0 Å². The van der Waals surface area contributed by atoms with Gasteiger partial charge >= 0.3 is 0 Å². The van der Waals surface area contributed by atoms with Crippen LogP contribution in [0.1, 0.15) is 5.56 Å². The van der Waals surface area contributed by atoms with Crippen LogP contribution in [0.15, 0.2) is 89.0 Å². The Bertz CT molecular complexity index is 1550. The Kier molecular flexibility index (Phi) is 6.90. The molecule has 5 rings (SSSR count). The molecule has 0 saturated heterocycles. The van der Waals surface area contributed by atoms with E-state index in [1.165, 1.54) is 10.5 Å². The highest BCUT2D eigenvalue weighted by molar-refractivity contribution is 7.99. The second-order valence-corrected chi connectivity index (χ2v) is 11.5. The molecule has 1 aliphatic rings. The Morgan fingerprint density at radius 1 is 0.944 bits per heavy atom. The predicted molar refractivity (Wildman–Crippen MR) is 143 cm³/mol. The second kappa shape index (κ2) is 10.1. The fourth-order valence-electron chi connectivity index (χ4n) is 3.73. The number of aromatic nitrogens is 2. The van der Waals surface area contributed by atoms with Crippen molar-refractivity contribution in [2.45, 2.75) is 16.6 Å². The molecule has 0 saturated carbocycles. The second-order valence-electron chi connectivity index (χ2n) is 7.86. The van der Waals surface area contributed by atoms with Crippen LogP contribution in [0, 0.1) is 0 Å². The predicted octanol–water partition coefficient (Wildman–Crippen LogP) is 5.89. The average Bonchev–Trinajstić information content (AvgIpc) is 2.88. The van der Waals surface area contributed by atoms with E-state index in [0.717, 1.165) is 17.3 Å². The van der Waals surface area contributed by atoms with E-state index in [2.05, 4.69) is 15.3 Å². The van der Waals surface area contributed by atoms with Gasteiger partial charge in [-0.2, -0.15) is 0 Å². The molecule has 1 aromatic heterocycles. The molecule has 36 heavy (non-hydrogen) atoms. The summed E-state index contributed by atoms with van der Waals surface area (Å²) in [6.07, 6.45) is 1.31. The smallest absolute Gasteiger partial charge is 0.268 e. The number of benzene rings is 3. The maximum atomic E-state index is 13.6. The number of fused-ring (bicyclic) bond motifs is 3. The molecule has 1 N–H and O–H groups in total. The molecule has 0 aliphatic carbocycles. The highest BCUT2D eigenvalue weighted by Crippen LogP contribution is 2.42. The summed E-state index contributed by atoms with van der Waals surface area (Å²) in [6, 6.07) is 21.0. The van der Waals surface area contributed by atoms with Crippen LogP contribution in [-0.2, 0) is 21.4 Å². The summed E-state index contributed by atoms with van der Waals surface area (Å²) in [5.74, 6) is -0.191. The molecule has 0 radical (unpaired) electrons. The monoisotopic (exact) mass is 556 g/mol. The van der Waals surface area contributed by atoms with E-state index in [9.17, 15) is 13.2 Å². The maximum Gasteiger partial charge on any atom is 0.268 e. The minimum Gasteiger partial charge on any atom is -0.325 e. The van der Waals surface area contributed by atoms with Crippen molar-refractivity contribution in [3.8, 4) is 11.3 Å². The molecule has 7 nitrogen and oxygen atoms in total. The Morgan fingerprint density at radius 3 is 2.33 bits per heavy atom. The molecule has 1 aliphatic heterocycles. The highest BCUT2D eigenvalue weighted by Gasteiger charge is 2.36. The zero-order valence-corrected chi connectivity index (χ0v) is 21.7. The van der Waals surface area contributed by atoms with Crippen LogP contribution >= 0.6 is 35.0 Å². The lowest BCUT2D eigenvalue weighted by molar-refractivity contribution is -0.113. The van der Waals surface area contributed by atoms with Crippen molar-refractivity contribution in [2.24, 2.45) is 0 Å². The largest absolute Gasteiger partial charge is 0.325 e. The molecule has 0 spiro atoms. The topological polar surface area (TPSA) is 92.3 Å². The number of para-hydroxylation sites is 1. The van der Waals surface area contributed by atoms with Crippen molar-refractivity contribution in [1.82, 2.24) is 9.97 Å². The van der Waals surface area contributed by atoms with Crippen molar-refractivity contribution in [3.05, 3.63) is 94.6 Å². The molecular formula is C25H18Cl2N4O3S2. The third-order valence-electron chi connectivity index (χ3n) is 5.43. The Hall–Kier alpha value is -3.11. The minimum absolute atomic E-state index is 0.0186. The van der Waals surface area contributed by atoms with E-state index in [1.807, 2.05) is 12.1 Å². The molecule has 2 heterocycles. The Balaban J connectivity index is 1.40. The van der Waals surface area contributed by atoms with Gasteiger partial charge in [-0.05, 0) is 48.0 Å². The number of anilines is 2. The molecule has 0 atom stereocenters. The quantitative estimate of drug-likeness (QED) is 0.235. The van der Waals surface area contributed by atoms with E-state index < -0.39 is 10.0 Å². The Morgan fingerprint density at radius 2 is 1.61 bits per heavy atom. The number of thioether (sulfide) groups is 1. The summed E-state index contributed by atoms with van der Waals surface area (Å²) in [6.45, 7) is 0.136. The first-order valence-electron chi connectivity index (χ1n) is 10.7. The number of hydrogen-bond acceptors (Lipinski definition) is 6. The van der Waals surface area contributed by atoms with Gasteiger partial charge < -0.3 is 5.32 Å². The molecule has 3 aromatic carbocycles. The summed E-state index contributed by atoms with van der Waals surface area (Å²) >= 11 is 13.0. The zero-order chi connectivity index (χ0) is 25.3. The normalized spacial score (nSPS) is 13.6. The Labute approximate surface area is 222 Å². The van der Waals surface area contributed by atoms with Gasteiger partial charge in [0.05, 0.1) is 29.9 Å². The van der Waals surface area contributed by atoms with Gasteiger partial charge in [-0.15, -0.1) is 0 Å². The van der Waals surface area contributed by atoms with Crippen LogP contribution < -0.4 is 9.62 Å². The highest BCUT2D eigenvalue weighted by atomic mass is 35.5. The van der Waals surface area contributed by atoms with Crippen LogP contribution in [0.2, 0.25) is 10.0 Å². The van der Waals surface area contributed by atoms with Gasteiger partial charge in [0, 0.05) is 21.3 Å². The lowest BCUT2D eigenvalue weighted by atomic mass is 10.1. The standard InChI is InChI=1S/C25H18Cl2N4O3S2/c26-17-7-5-16(6-8-17)14-31-21-4-2-1-3-20(21)24-22(36(31,33)34)13-28-25(30-24)35-15-23(32)29-19-11-9-18(27)10-12-19/h1-13H,14-15H2,(H,29,32). The van der Waals surface area contributed by atoms with E-state index in [4.69, 9.17) is 23.2 Å². The zero-order valence-electron chi connectivity index (χ0n) is 18.6. The SMILES string of the molecule is O=C(CSc1ncc2c(n1)-c1ccccc1N(Cc1ccc(Cl)cc1)S2(=O)=O)Nc1ccc(Cl)cc1. The summed E-state index contributed by atoms with van der Waals surface area (Å²) in [5.41, 5.74) is 2.92. The van der Waals surface area contributed by atoms with Crippen LogP contribution in [0.25, 0.3) is 11.3 Å². The van der Waals surface area contributed by atoms with Crippen molar-refractivity contribution in [1.29, 1.82) is 0 Å². The number of carbonyl (C=O) groups is 1. The molecule has 11 heteroatoms.